The summed E-state index contributed by atoms with van der Waals surface area (Å²) in [4.78, 5) is 28.8. The summed E-state index contributed by atoms with van der Waals surface area (Å²) in [5.74, 6) is -0.706. The number of hydrogen-bond acceptors (Lipinski definition) is 4. The third kappa shape index (κ3) is 6.95. The third-order valence-corrected chi connectivity index (χ3v) is 4.25. The molecular formula is C21H24ClF2N3O3. The van der Waals surface area contributed by atoms with E-state index in [1.54, 1.807) is 39.8 Å². The molecule has 0 bridgehead atoms. The van der Waals surface area contributed by atoms with Crippen LogP contribution >= 0.6 is 11.6 Å². The van der Waals surface area contributed by atoms with Crippen molar-refractivity contribution in [3.8, 4) is 5.75 Å². The molecule has 0 spiro atoms. The van der Waals surface area contributed by atoms with Gasteiger partial charge in [-0.15, -0.1) is 0 Å². The van der Waals surface area contributed by atoms with E-state index in [2.05, 4.69) is 20.4 Å². The minimum absolute atomic E-state index is 0.107. The number of anilines is 1. The smallest absolute Gasteiger partial charge is 0.394 e. The highest BCUT2D eigenvalue weighted by Crippen LogP contribution is 2.29. The van der Waals surface area contributed by atoms with E-state index in [0.29, 0.717) is 23.7 Å². The molecule has 1 aromatic heterocycles. The topological polar surface area (TPSA) is 80.3 Å². The summed E-state index contributed by atoms with van der Waals surface area (Å²) in [6.45, 7) is 7.51. The number of ether oxygens (including phenoxy) is 1. The molecule has 0 aliphatic rings. The maximum absolute atomic E-state index is 13.1. The molecule has 2 aromatic rings. The van der Waals surface area contributed by atoms with Crippen molar-refractivity contribution < 1.29 is 23.1 Å². The number of pyridine rings is 1. The number of alkyl halides is 2. The van der Waals surface area contributed by atoms with Crippen LogP contribution in [0.2, 0.25) is 5.02 Å². The van der Waals surface area contributed by atoms with Gasteiger partial charge in [-0.3, -0.25) is 9.59 Å². The molecule has 162 valence electrons. The lowest BCUT2D eigenvalue weighted by Crippen LogP contribution is -2.27. The van der Waals surface area contributed by atoms with E-state index in [0.717, 1.165) is 0 Å². The monoisotopic (exact) mass is 439 g/mol. The molecule has 0 radical (unpaired) electrons. The van der Waals surface area contributed by atoms with Crippen LogP contribution in [0.3, 0.4) is 0 Å². The highest BCUT2D eigenvalue weighted by Gasteiger charge is 2.24. The summed E-state index contributed by atoms with van der Waals surface area (Å²) in [7, 11) is 0. The van der Waals surface area contributed by atoms with Crippen molar-refractivity contribution >= 4 is 29.2 Å². The van der Waals surface area contributed by atoms with Gasteiger partial charge >= 0.3 is 6.11 Å². The summed E-state index contributed by atoms with van der Waals surface area (Å²) < 4.78 is 30.9. The van der Waals surface area contributed by atoms with E-state index >= 15 is 0 Å². The Balaban J connectivity index is 2.20. The van der Waals surface area contributed by atoms with Gasteiger partial charge in [0.25, 0.3) is 5.91 Å². The number of halogens is 3. The number of hydrogen-bond donors (Lipinski definition) is 2. The molecule has 1 unspecified atom stereocenters. The van der Waals surface area contributed by atoms with Crippen LogP contribution in [-0.2, 0) is 4.79 Å². The number of aryl methyl sites for hydroxylation is 1. The van der Waals surface area contributed by atoms with Crippen molar-refractivity contribution in [1.82, 2.24) is 10.3 Å². The SMILES string of the molecule is Cc1cc(C(=O)NC(C)c2cc(Cl)cc(OC(C)(F)F)c2)cc(NC(=O)C(C)C)n1. The molecular weight excluding hydrogens is 416 g/mol. The molecule has 0 aliphatic carbocycles. The van der Waals surface area contributed by atoms with Gasteiger partial charge in [-0.05, 0) is 49.7 Å². The van der Waals surface area contributed by atoms with E-state index in [1.807, 2.05) is 0 Å². The number of carbonyl (C=O) groups excluding carboxylic acids is 2. The zero-order chi connectivity index (χ0) is 22.6. The van der Waals surface area contributed by atoms with E-state index in [1.165, 1.54) is 18.2 Å². The molecule has 0 aliphatic heterocycles. The van der Waals surface area contributed by atoms with Gasteiger partial charge in [0, 0.05) is 29.1 Å². The van der Waals surface area contributed by atoms with E-state index in [-0.39, 0.29) is 28.4 Å². The normalized spacial score (nSPS) is 12.4. The number of nitrogens with zero attached hydrogens (tertiary/aromatic N) is 1. The first-order chi connectivity index (χ1) is 13.8. The second-order valence-electron chi connectivity index (χ2n) is 7.35. The van der Waals surface area contributed by atoms with Crippen LogP contribution in [0.5, 0.6) is 5.75 Å². The first kappa shape index (κ1) is 23.5. The van der Waals surface area contributed by atoms with Crippen LogP contribution in [0, 0.1) is 12.8 Å². The predicted molar refractivity (Wildman–Crippen MR) is 111 cm³/mol. The number of aromatic nitrogens is 1. The minimum atomic E-state index is -3.36. The molecule has 0 fully saturated rings. The van der Waals surface area contributed by atoms with Gasteiger partial charge < -0.3 is 15.4 Å². The van der Waals surface area contributed by atoms with Crippen molar-refractivity contribution in [3.05, 3.63) is 52.2 Å². The second kappa shape index (κ2) is 9.38. The van der Waals surface area contributed by atoms with E-state index in [4.69, 9.17) is 11.6 Å². The molecule has 2 N–H and O–H groups in total. The Hall–Kier alpha value is -2.74. The van der Waals surface area contributed by atoms with Gasteiger partial charge in [0.05, 0.1) is 6.04 Å². The predicted octanol–water partition coefficient (Wildman–Crippen LogP) is 5.12. The molecule has 0 saturated carbocycles. The molecule has 1 heterocycles. The summed E-state index contributed by atoms with van der Waals surface area (Å²) in [6.07, 6.45) is -3.36. The highest BCUT2D eigenvalue weighted by atomic mass is 35.5. The average molecular weight is 440 g/mol. The minimum Gasteiger partial charge on any atom is -0.433 e. The van der Waals surface area contributed by atoms with Crippen molar-refractivity contribution in [1.29, 1.82) is 0 Å². The molecule has 6 nitrogen and oxygen atoms in total. The fraction of sp³-hybridized carbons (Fsp3) is 0.381. The highest BCUT2D eigenvalue weighted by molar-refractivity contribution is 6.30. The van der Waals surface area contributed by atoms with Gasteiger partial charge in [-0.2, -0.15) is 8.78 Å². The number of amides is 2. The molecule has 9 heteroatoms. The van der Waals surface area contributed by atoms with Crippen LogP contribution in [0.4, 0.5) is 14.6 Å². The maximum atomic E-state index is 13.1. The Labute approximate surface area is 179 Å². The van der Waals surface area contributed by atoms with Crippen LogP contribution in [0.1, 0.15) is 55.4 Å². The zero-order valence-corrected chi connectivity index (χ0v) is 18.1. The fourth-order valence-electron chi connectivity index (χ4n) is 2.60. The van der Waals surface area contributed by atoms with Gasteiger partial charge in [0.2, 0.25) is 5.91 Å². The largest absolute Gasteiger partial charge is 0.433 e. The fourth-order valence-corrected chi connectivity index (χ4v) is 2.83. The van der Waals surface area contributed by atoms with Crippen LogP contribution in [0.15, 0.2) is 30.3 Å². The number of nitrogens with one attached hydrogen (secondary N) is 2. The lowest BCUT2D eigenvalue weighted by Gasteiger charge is -2.18. The van der Waals surface area contributed by atoms with Gasteiger partial charge in [0.15, 0.2) is 0 Å². The summed E-state index contributed by atoms with van der Waals surface area (Å²) in [6, 6.07) is 6.72. The third-order valence-electron chi connectivity index (χ3n) is 4.03. The van der Waals surface area contributed by atoms with E-state index in [9.17, 15) is 18.4 Å². The lowest BCUT2D eigenvalue weighted by molar-refractivity contribution is -0.159. The quantitative estimate of drug-likeness (QED) is 0.627. The van der Waals surface area contributed by atoms with Gasteiger partial charge in [-0.25, -0.2) is 4.98 Å². The zero-order valence-electron chi connectivity index (χ0n) is 17.3. The summed E-state index contributed by atoms with van der Waals surface area (Å²) in [5, 5.41) is 5.64. The van der Waals surface area contributed by atoms with Crippen LogP contribution in [-0.4, -0.2) is 22.9 Å². The molecule has 1 atom stereocenters. The lowest BCUT2D eigenvalue weighted by atomic mass is 10.1. The number of carbonyl (C=O) groups is 2. The Morgan fingerprint density at radius 3 is 2.40 bits per heavy atom. The Morgan fingerprint density at radius 2 is 1.80 bits per heavy atom. The maximum Gasteiger partial charge on any atom is 0.394 e. The standard InChI is InChI=1S/C21H24ClF2N3O3/c1-11(2)19(28)27-18-9-15(6-12(3)25-18)20(29)26-13(4)14-7-16(22)10-17(8-14)30-21(5,23)24/h6-11,13H,1-5H3,(H,26,29)(H,25,27,28). The Bertz CT molecular complexity index is 946. The molecule has 0 saturated heterocycles. The molecule has 30 heavy (non-hydrogen) atoms. The molecule has 1 aromatic carbocycles. The first-order valence-corrected chi connectivity index (χ1v) is 9.69. The van der Waals surface area contributed by atoms with Crippen molar-refractivity contribution in [2.75, 3.05) is 5.32 Å². The summed E-state index contributed by atoms with van der Waals surface area (Å²) >= 11 is 6.01. The van der Waals surface area contributed by atoms with Crippen LogP contribution < -0.4 is 15.4 Å². The molecule has 2 amide bonds. The van der Waals surface area contributed by atoms with E-state index < -0.39 is 18.1 Å². The van der Waals surface area contributed by atoms with Gasteiger partial charge in [-0.1, -0.05) is 25.4 Å². The average Bonchev–Trinajstić information content (AvgIpc) is 2.58. The van der Waals surface area contributed by atoms with Crippen molar-refractivity contribution in [2.24, 2.45) is 5.92 Å². The second-order valence-corrected chi connectivity index (χ2v) is 7.79. The summed E-state index contributed by atoms with van der Waals surface area (Å²) in [5.41, 5.74) is 1.35. The Morgan fingerprint density at radius 1 is 1.13 bits per heavy atom. The van der Waals surface area contributed by atoms with Gasteiger partial charge in [0.1, 0.15) is 11.6 Å². The molecule has 2 rings (SSSR count). The number of rotatable bonds is 7. The number of benzene rings is 1. The van der Waals surface area contributed by atoms with Crippen molar-refractivity contribution in [3.63, 3.8) is 0 Å². The first-order valence-electron chi connectivity index (χ1n) is 9.32. The van der Waals surface area contributed by atoms with Crippen LogP contribution in [0.25, 0.3) is 0 Å². The van der Waals surface area contributed by atoms with Crippen molar-refractivity contribution in [2.45, 2.75) is 46.8 Å². The Kier molecular flexibility index (Phi) is 7.36.